The molecular weight excluding hydrogens is 347 g/mol. The second kappa shape index (κ2) is 6.87. The van der Waals surface area contributed by atoms with Gasteiger partial charge in [-0.3, -0.25) is 4.79 Å². The molecule has 7 heteroatoms. The maximum absolute atomic E-state index is 13.3. The van der Waals surface area contributed by atoms with Crippen LogP contribution in [0.3, 0.4) is 0 Å². The van der Waals surface area contributed by atoms with Crippen LogP contribution in [0, 0.1) is 5.82 Å². The molecule has 134 valence electrons. The number of nitrogens with one attached hydrogen (secondary N) is 1. The Kier molecular flexibility index (Phi) is 4.25. The smallest absolute Gasteiger partial charge is 0.255 e. The summed E-state index contributed by atoms with van der Waals surface area (Å²) in [6.45, 7) is 0. The third-order valence-electron chi connectivity index (χ3n) is 4.03. The van der Waals surface area contributed by atoms with Crippen molar-refractivity contribution >= 4 is 22.6 Å². The summed E-state index contributed by atoms with van der Waals surface area (Å²) in [7, 11) is 1.61. The van der Waals surface area contributed by atoms with Crippen molar-refractivity contribution in [3.05, 3.63) is 78.1 Å². The van der Waals surface area contributed by atoms with Crippen molar-refractivity contribution in [2.75, 3.05) is 12.4 Å². The number of hydrogen-bond acceptors (Lipinski definition) is 4. The molecular formula is C20H15FN4O2. The van der Waals surface area contributed by atoms with Crippen molar-refractivity contribution in [1.29, 1.82) is 0 Å². The third kappa shape index (κ3) is 3.48. The Labute approximate surface area is 154 Å². The van der Waals surface area contributed by atoms with Gasteiger partial charge < -0.3 is 10.1 Å². The van der Waals surface area contributed by atoms with Crippen LogP contribution in [0.2, 0.25) is 0 Å². The van der Waals surface area contributed by atoms with Gasteiger partial charge in [-0.25, -0.2) is 4.39 Å². The Balaban J connectivity index is 1.59. The molecule has 0 radical (unpaired) electrons. The molecule has 4 aromatic rings. The fraction of sp³-hybridized carbons (Fsp3) is 0.0500. The highest BCUT2D eigenvalue weighted by Crippen LogP contribution is 2.19. The summed E-state index contributed by atoms with van der Waals surface area (Å²) >= 11 is 0. The summed E-state index contributed by atoms with van der Waals surface area (Å²) in [6, 6.07) is 18.1. The molecule has 0 saturated heterocycles. The highest BCUT2D eigenvalue weighted by atomic mass is 19.1. The van der Waals surface area contributed by atoms with E-state index in [2.05, 4.69) is 15.5 Å². The first kappa shape index (κ1) is 16.7. The molecule has 0 spiro atoms. The fourth-order valence-corrected chi connectivity index (χ4v) is 2.66. The summed E-state index contributed by atoms with van der Waals surface area (Å²) < 4.78 is 18.4. The molecule has 0 fully saturated rings. The molecule has 3 aromatic carbocycles. The maximum atomic E-state index is 13.3. The molecule has 0 bridgehead atoms. The Morgan fingerprint density at radius 2 is 1.78 bits per heavy atom. The summed E-state index contributed by atoms with van der Waals surface area (Å²) in [4.78, 5) is 13.8. The number of anilines is 1. The first-order valence-corrected chi connectivity index (χ1v) is 8.21. The van der Waals surface area contributed by atoms with Crippen molar-refractivity contribution in [1.82, 2.24) is 15.0 Å². The van der Waals surface area contributed by atoms with Gasteiger partial charge in [-0.15, -0.1) is 10.2 Å². The van der Waals surface area contributed by atoms with Gasteiger partial charge in [-0.2, -0.15) is 4.80 Å². The molecule has 1 amide bonds. The zero-order valence-corrected chi connectivity index (χ0v) is 14.4. The Morgan fingerprint density at radius 3 is 2.52 bits per heavy atom. The minimum absolute atomic E-state index is 0.247. The molecule has 1 heterocycles. The van der Waals surface area contributed by atoms with Crippen molar-refractivity contribution in [2.45, 2.75) is 0 Å². The molecule has 0 aliphatic heterocycles. The third-order valence-corrected chi connectivity index (χ3v) is 4.03. The van der Waals surface area contributed by atoms with Crippen LogP contribution in [0.1, 0.15) is 10.4 Å². The first-order chi connectivity index (χ1) is 13.1. The second-order valence-electron chi connectivity index (χ2n) is 5.86. The number of halogens is 1. The number of ether oxygens (including phenoxy) is 1. The van der Waals surface area contributed by atoms with E-state index >= 15 is 0 Å². The topological polar surface area (TPSA) is 69.0 Å². The lowest BCUT2D eigenvalue weighted by atomic mass is 10.2. The van der Waals surface area contributed by atoms with E-state index in [1.165, 1.54) is 23.0 Å². The monoisotopic (exact) mass is 362 g/mol. The van der Waals surface area contributed by atoms with Crippen LogP contribution in [-0.2, 0) is 0 Å². The van der Waals surface area contributed by atoms with Crippen molar-refractivity contribution in [3.63, 3.8) is 0 Å². The quantitative estimate of drug-likeness (QED) is 0.599. The number of hydrogen-bond donors (Lipinski definition) is 1. The zero-order chi connectivity index (χ0) is 18.8. The molecule has 0 saturated carbocycles. The van der Waals surface area contributed by atoms with Gasteiger partial charge in [0.1, 0.15) is 22.6 Å². The van der Waals surface area contributed by atoms with Gasteiger partial charge >= 0.3 is 0 Å². The largest absolute Gasteiger partial charge is 0.497 e. The number of amides is 1. The van der Waals surface area contributed by atoms with Crippen LogP contribution < -0.4 is 10.1 Å². The van der Waals surface area contributed by atoms with Crippen molar-refractivity contribution in [2.24, 2.45) is 0 Å². The first-order valence-electron chi connectivity index (χ1n) is 8.21. The Morgan fingerprint density at radius 1 is 1.00 bits per heavy atom. The Bertz CT molecular complexity index is 1120. The van der Waals surface area contributed by atoms with Crippen LogP contribution >= 0.6 is 0 Å². The number of nitrogens with zero attached hydrogens (tertiary/aromatic N) is 3. The van der Waals surface area contributed by atoms with E-state index in [9.17, 15) is 9.18 Å². The maximum Gasteiger partial charge on any atom is 0.255 e. The summed E-state index contributed by atoms with van der Waals surface area (Å²) in [5.41, 5.74) is 2.91. The molecule has 0 atom stereocenters. The van der Waals surface area contributed by atoms with E-state index in [1.54, 1.807) is 31.4 Å². The summed E-state index contributed by atoms with van der Waals surface area (Å²) in [5.74, 6) is -0.102. The van der Waals surface area contributed by atoms with Crippen LogP contribution in [0.15, 0.2) is 66.7 Å². The van der Waals surface area contributed by atoms with E-state index in [0.717, 1.165) is 11.4 Å². The average molecular weight is 362 g/mol. The molecule has 1 N–H and O–H groups in total. The van der Waals surface area contributed by atoms with E-state index in [1.807, 2.05) is 24.3 Å². The van der Waals surface area contributed by atoms with E-state index in [0.29, 0.717) is 16.7 Å². The lowest BCUT2D eigenvalue weighted by Gasteiger charge is -2.04. The molecule has 1 aromatic heterocycles. The number of methoxy groups -OCH3 is 1. The minimum Gasteiger partial charge on any atom is -0.497 e. The molecule has 4 rings (SSSR count). The summed E-state index contributed by atoms with van der Waals surface area (Å²) in [5, 5.41) is 11.6. The molecule has 0 unspecified atom stereocenters. The van der Waals surface area contributed by atoms with Gasteiger partial charge in [0, 0.05) is 11.3 Å². The van der Waals surface area contributed by atoms with E-state index in [4.69, 9.17) is 4.74 Å². The highest BCUT2D eigenvalue weighted by molar-refractivity contribution is 6.04. The molecule has 0 aliphatic rings. The van der Waals surface area contributed by atoms with Gasteiger partial charge in [0.05, 0.1) is 12.8 Å². The molecule has 27 heavy (non-hydrogen) atoms. The number of aromatic nitrogens is 3. The van der Waals surface area contributed by atoms with Crippen LogP contribution in [0.5, 0.6) is 5.75 Å². The standard InChI is InChI=1S/C20H15FN4O2/c1-27-17-8-6-16(7-9-17)25-23-18-10-5-15(12-19(18)24-25)22-20(26)13-3-2-4-14(21)11-13/h2-12H,1H3,(H,22,26). The SMILES string of the molecule is COc1ccc(-n2nc3ccc(NC(=O)c4cccc(F)c4)cc3n2)cc1. The van der Waals surface area contributed by atoms with Crippen molar-refractivity contribution < 1.29 is 13.9 Å². The van der Waals surface area contributed by atoms with Crippen molar-refractivity contribution in [3.8, 4) is 11.4 Å². The van der Waals surface area contributed by atoms with Gasteiger partial charge in [-0.1, -0.05) is 6.07 Å². The average Bonchev–Trinajstić information content (AvgIpc) is 3.11. The predicted molar refractivity (Wildman–Crippen MR) is 99.8 cm³/mol. The van der Waals surface area contributed by atoms with E-state index < -0.39 is 11.7 Å². The fourth-order valence-electron chi connectivity index (χ4n) is 2.66. The number of rotatable bonds is 4. The normalized spacial score (nSPS) is 10.7. The second-order valence-corrected chi connectivity index (χ2v) is 5.86. The van der Waals surface area contributed by atoms with Gasteiger partial charge in [0.15, 0.2) is 0 Å². The molecule has 0 aliphatic carbocycles. The van der Waals surface area contributed by atoms with Gasteiger partial charge in [0.2, 0.25) is 0 Å². The Hall–Kier alpha value is -3.74. The molecule has 6 nitrogen and oxygen atoms in total. The highest BCUT2D eigenvalue weighted by Gasteiger charge is 2.10. The number of benzene rings is 3. The lowest BCUT2D eigenvalue weighted by Crippen LogP contribution is -2.11. The van der Waals surface area contributed by atoms with E-state index in [-0.39, 0.29) is 5.56 Å². The zero-order valence-electron chi connectivity index (χ0n) is 14.4. The number of carbonyl (C=O) groups is 1. The van der Waals surface area contributed by atoms with Gasteiger partial charge in [-0.05, 0) is 60.7 Å². The van der Waals surface area contributed by atoms with Crippen LogP contribution in [0.25, 0.3) is 16.7 Å². The minimum atomic E-state index is -0.458. The van der Waals surface area contributed by atoms with Crippen LogP contribution in [-0.4, -0.2) is 28.0 Å². The predicted octanol–water partition coefficient (Wildman–Crippen LogP) is 3.82. The summed E-state index contributed by atoms with van der Waals surface area (Å²) in [6.07, 6.45) is 0. The number of carbonyl (C=O) groups excluding carboxylic acids is 1. The number of fused-ring (bicyclic) bond motifs is 1. The van der Waals surface area contributed by atoms with Crippen LogP contribution in [0.4, 0.5) is 10.1 Å². The van der Waals surface area contributed by atoms with Gasteiger partial charge in [0.25, 0.3) is 5.91 Å². The lowest BCUT2D eigenvalue weighted by molar-refractivity contribution is 0.102.